The topological polar surface area (TPSA) is 28.4 Å². The molecule has 190 valence electrons. The molecule has 0 amide bonds. The number of nitrogens with one attached hydrogen (secondary N) is 1. The maximum Gasteiger partial charge on any atom is 0.0859 e. The molecule has 1 N–H and O–H groups in total. The van der Waals surface area contributed by atoms with Crippen molar-refractivity contribution >= 4 is 28.4 Å². The van der Waals surface area contributed by atoms with Crippen molar-refractivity contribution in [1.82, 2.24) is 5.32 Å². The zero-order chi connectivity index (χ0) is 26.4. The summed E-state index contributed by atoms with van der Waals surface area (Å²) in [5.74, 6) is 0. The second-order valence-electron chi connectivity index (χ2n) is 11.6. The normalized spacial score (nSPS) is 19.2. The molecule has 3 nitrogen and oxygen atoms in total. The van der Waals surface area contributed by atoms with E-state index < -0.39 is 0 Å². The van der Waals surface area contributed by atoms with E-state index in [1.165, 1.54) is 61.8 Å². The third kappa shape index (κ3) is 3.08. The van der Waals surface area contributed by atoms with Crippen molar-refractivity contribution in [3.8, 4) is 11.1 Å². The molecule has 8 rings (SSSR count). The second kappa shape index (κ2) is 7.84. The lowest BCUT2D eigenvalue weighted by Crippen LogP contribution is -2.28. The molecule has 3 heteroatoms. The van der Waals surface area contributed by atoms with Crippen LogP contribution in [0.1, 0.15) is 36.1 Å². The molecule has 3 aliphatic rings. The Morgan fingerprint density at radius 1 is 0.615 bits per heavy atom. The van der Waals surface area contributed by atoms with Gasteiger partial charge in [0.15, 0.2) is 0 Å². The van der Waals surface area contributed by atoms with Gasteiger partial charge in [-0.3, -0.25) is 5.32 Å². The molecule has 1 fully saturated rings. The van der Waals surface area contributed by atoms with Crippen LogP contribution in [0.4, 0.5) is 28.4 Å². The van der Waals surface area contributed by atoms with Crippen LogP contribution in [0.2, 0.25) is 0 Å². The van der Waals surface area contributed by atoms with Crippen LogP contribution in [0, 0.1) is 0 Å². The van der Waals surface area contributed by atoms with Crippen LogP contribution in [-0.2, 0) is 11.0 Å². The summed E-state index contributed by atoms with van der Waals surface area (Å²) in [5.41, 5.74) is 14.2. The van der Waals surface area contributed by atoms with Crippen LogP contribution in [0.25, 0.3) is 11.1 Å². The summed E-state index contributed by atoms with van der Waals surface area (Å²) >= 11 is 0. The van der Waals surface area contributed by atoms with Gasteiger partial charge in [0.1, 0.15) is 0 Å². The van der Waals surface area contributed by atoms with Crippen LogP contribution in [0.15, 0.2) is 115 Å². The molecule has 1 unspecified atom stereocenters. The molecule has 5 aromatic rings. The summed E-state index contributed by atoms with van der Waals surface area (Å²) in [6.07, 6.45) is 0. The predicted octanol–water partition coefficient (Wildman–Crippen LogP) is 8.39. The van der Waals surface area contributed by atoms with Gasteiger partial charge in [-0.05, 0) is 70.8 Å². The van der Waals surface area contributed by atoms with Gasteiger partial charge < -0.3 is 9.80 Å². The van der Waals surface area contributed by atoms with Gasteiger partial charge in [0.25, 0.3) is 0 Å². The maximum atomic E-state index is 3.75. The van der Waals surface area contributed by atoms with Crippen molar-refractivity contribution in [3.63, 3.8) is 0 Å². The molecule has 0 bridgehead atoms. The van der Waals surface area contributed by atoms with Crippen molar-refractivity contribution in [1.29, 1.82) is 0 Å². The van der Waals surface area contributed by atoms with Gasteiger partial charge in [0, 0.05) is 47.2 Å². The van der Waals surface area contributed by atoms with Gasteiger partial charge in [-0.2, -0.15) is 0 Å². The van der Waals surface area contributed by atoms with Crippen molar-refractivity contribution < 1.29 is 0 Å². The van der Waals surface area contributed by atoms with Gasteiger partial charge in [0.2, 0.25) is 0 Å². The maximum absolute atomic E-state index is 3.75. The Morgan fingerprint density at radius 3 is 1.97 bits per heavy atom. The van der Waals surface area contributed by atoms with E-state index in [-0.39, 0.29) is 11.0 Å². The molecule has 1 aliphatic carbocycles. The first kappa shape index (κ1) is 22.6. The molecule has 39 heavy (non-hydrogen) atoms. The number of rotatable bonds is 3. The summed E-state index contributed by atoms with van der Waals surface area (Å²) in [6.45, 7) is 5.65. The highest BCUT2D eigenvalue weighted by Crippen LogP contribution is 2.56. The zero-order valence-corrected chi connectivity index (χ0v) is 22.6. The highest BCUT2D eigenvalue weighted by Gasteiger charge is 2.52. The number of benzene rings is 5. The molecule has 1 atom stereocenters. The minimum absolute atomic E-state index is 0.0134. The number of fused-ring (bicyclic) bond motifs is 7. The first-order valence-corrected chi connectivity index (χ1v) is 13.8. The molecular weight excluding hydrogens is 474 g/mol. The molecule has 0 saturated carbocycles. The fraction of sp³-hybridized carbons (Fsp3) is 0.167. The van der Waals surface area contributed by atoms with Gasteiger partial charge >= 0.3 is 0 Å². The monoisotopic (exact) mass is 505 g/mol. The van der Waals surface area contributed by atoms with Crippen LogP contribution in [0.5, 0.6) is 0 Å². The van der Waals surface area contributed by atoms with Crippen LogP contribution in [-0.4, -0.2) is 13.6 Å². The highest BCUT2D eigenvalue weighted by molar-refractivity contribution is 5.89. The van der Waals surface area contributed by atoms with Gasteiger partial charge in [-0.1, -0.05) is 80.6 Å². The second-order valence-corrected chi connectivity index (χ2v) is 11.6. The largest absolute Gasteiger partial charge is 0.345 e. The Kier molecular flexibility index (Phi) is 4.55. The average molecular weight is 506 g/mol. The fourth-order valence-electron chi connectivity index (χ4n) is 6.95. The van der Waals surface area contributed by atoms with E-state index in [0.29, 0.717) is 0 Å². The number of para-hydroxylation sites is 2. The SMILES string of the molecule is CN(c1ccc2c(c1)C(C)(C)c1ccccc1-2)c1ccc2c(c1)C1(CN1)c1ccccc1N2c1ccccc1. The first-order chi connectivity index (χ1) is 19.0. The molecule has 1 saturated heterocycles. The average Bonchev–Trinajstić information content (AvgIpc) is 3.75. The van der Waals surface area contributed by atoms with Crippen molar-refractivity contribution in [2.45, 2.75) is 24.8 Å². The Labute approximate surface area is 230 Å². The summed E-state index contributed by atoms with van der Waals surface area (Å²) in [5, 5.41) is 3.75. The van der Waals surface area contributed by atoms with Crippen LogP contribution < -0.4 is 15.1 Å². The van der Waals surface area contributed by atoms with Gasteiger partial charge in [0.05, 0.1) is 16.9 Å². The van der Waals surface area contributed by atoms with E-state index >= 15 is 0 Å². The molecular formula is C36H31N3. The molecule has 2 aliphatic heterocycles. The predicted molar refractivity (Wildman–Crippen MR) is 162 cm³/mol. The molecule has 2 heterocycles. The van der Waals surface area contributed by atoms with Crippen LogP contribution in [0.3, 0.4) is 0 Å². The van der Waals surface area contributed by atoms with E-state index in [9.17, 15) is 0 Å². The molecule has 0 radical (unpaired) electrons. The summed E-state index contributed by atoms with van der Waals surface area (Å²) < 4.78 is 0. The Bertz CT molecular complexity index is 1760. The van der Waals surface area contributed by atoms with Crippen molar-refractivity contribution in [2.75, 3.05) is 23.4 Å². The van der Waals surface area contributed by atoms with E-state index in [2.05, 4.69) is 151 Å². The summed E-state index contributed by atoms with van der Waals surface area (Å²) in [4.78, 5) is 4.75. The fourth-order valence-corrected chi connectivity index (χ4v) is 6.95. The molecule has 5 aromatic carbocycles. The van der Waals surface area contributed by atoms with E-state index in [1.54, 1.807) is 0 Å². The lowest BCUT2D eigenvalue weighted by atomic mass is 9.82. The minimum Gasteiger partial charge on any atom is -0.345 e. The number of anilines is 5. The van der Waals surface area contributed by atoms with E-state index in [0.717, 1.165) is 6.54 Å². The quantitative estimate of drug-likeness (QED) is 0.250. The first-order valence-electron chi connectivity index (χ1n) is 13.8. The zero-order valence-electron chi connectivity index (χ0n) is 22.6. The van der Waals surface area contributed by atoms with E-state index in [1.807, 2.05) is 0 Å². The third-order valence-corrected chi connectivity index (χ3v) is 9.17. The van der Waals surface area contributed by atoms with Crippen molar-refractivity contribution in [2.24, 2.45) is 0 Å². The van der Waals surface area contributed by atoms with E-state index in [4.69, 9.17) is 0 Å². The number of nitrogens with zero attached hydrogens (tertiary/aromatic N) is 2. The molecule has 0 aromatic heterocycles. The van der Waals surface area contributed by atoms with Crippen molar-refractivity contribution in [3.05, 3.63) is 138 Å². The van der Waals surface area contributed by atoms with Gasteiger partial charge in [-0.15, -0.1) is 0 Å². The lowest BCUT2D eigenvalue weighted by Gasteiger charge is -2.38. The highest BCUT2D eigenvalue weighted by atomic mass is 15.2. The lowest BCUT2D eigenvalue weighted by molar-refractivity contribution is 0.660. The number of hydrogen-bond donors (Lipinski definition) is 1. The standard InChI is InChI=1S/C36H31N3/c1-35(2)29-14-8-7-13-27(29)28-19-17-25(21-31(28)35)38(3)26-18-20-34-32(22-26)36(23-37-36)30-15-9-10-16-33(30)39(34)24-11-5-4-6-12-24/h4-22,37H,23H2,1-3H3. The smallest absolute Gasteiger partial charge is 0.0859 e. The van der Waals surface area contributed by atoms with Gasteiger partial charge in [-0.25, -0.2) is 0 Å². The Balaban J connectivity index is 1.24. The minimum atomic E-state index is -0.129. The number of hydrogen-bond acceptors (Lipinski definition) is 3. The van der Waals surface area contributed by atoms with Crippen LogP contribution >= 0.6 is 0 Å². The summed E-state index contributed by atoms with van der Waals surface area (Å²) in [6, 6.07) is 42.3. The Hall–Kier alpha value is -4.34. The summed E-state index contributed by atoms with van der Waals surface area (Å²) in [7, 11) is 2.19. The Morgan fingerprint density at radius 2 is 1.21 bits per heavy atom. The third-order valence-electron chi connectivity index (χ3n) is 9.17. The molecule has 1 spiro atoms.